The van der Waals surface area contributed by atoms with Crippen LogP contribution in [0.4, 0.5) is 0 Å². The second-order valence-electron chi connectivity index (χ2n) is 8.06. The Hall–Kier alpha value is -1.43. The topological polar surface area (TPSA) is 68.5 Å². The van der Waals surface area contributed by atoms with Crippen molar-refractivity contribution in [3.63, 3.8) is 0 Å². The highest BCUT2D eigenvalue weighted by molar-refractivity contribution is 5.79. The zero-order valence-corrected chi connectivity index (χ0v) is 15.2. The standard InChI is InChI=1S/C19H29N3O3/c1-24-13-10-19(18-20-16(25-21-18)14-6-7-14)8-11-22(12-9-19)17(23)15-4-2-3-5-15/h14-15H,2-13H2,1H3. The van der Waals surface area contributed by atoms with Crippen LogP contribution in [0.3, 0.4) is 0 Å². The normalized spacial score (nSPS) is 24.0. The molecule has 1 saturated heterocycles. The maximum absolute atomic E-state index is 12.7. The molecular weight excluding hydrogens is 318 g/mol. The van der Waals surface area contributed by atoms with E-state index in [0.717, 1.165) is 69.8 Å². The first-order chi connectivity index (χ1) is 12.2. The molecule has 25 heavy (non-hydrogen) atoms. The Kier molecular flexibility index (Phi) is 4.80. The van der Waals surface area contributed by atoms with Crippen molar-refractivity contribution in [1.29, 1.82) is 0 Å². The number of rotatable bonds is 6. The Labute approximate surface area is 149 Å². The summed E-state index contributed by atoms with van der Waals surface area (Å²) in [6.45, 7) is 2.28. The summed E-state index contributed by atoms with van der Waals surface area (Å²) in [7, 11) is 1.73. The number of ether oxygens (including phenoxy) is 1. The van der Waals surface area contributed by atoms with Gasteiger partial charge in [0.2, 0.25) is 11.8 Å². The van der Waals surface area contributed by atoms with Gasteiger partial charge in [-0.15, -0.1) is 0 Å². The molecule has 1 aromatic rings. The molecule has 1 aromatic heterocycles. The van der Waals surface area contributed by atoms with Crippen molar-refractivity contribution in [2.24, 2.45) is 5.92 Å². The smallest absolute Gasteiger partial charge is 0.229 e. The fourth-order valence-electron chi connectivity index (χ4n) is 4.42. The van der Waals surface area contributed by atoms with Gasteiger partial charge in [-0.25, -0.2) is 0 Å². The summed E-state index contributed by atoms with van der Waals surface area (Å²) in [6.07, 6.45) is 9.56. The second kappa shape index (κ2) is 7.06. The van der Waals surface area contributed by atoms with Crippen LogP contribution in [0, 0.1) is 5.92 Å². The van der Waals surface area contributed by atoms with Crippen LogP contribution in [-0.2, 0) is 14.9 Å². The molecule has 138 valence electrons. The van der Waals surface area contributed by atoms with Gasteiger partial charge in [0.05, 0.1) is 0 Å². The van der Waals surface area contributed by atoms with E-state index >= 15 is 0 Å². The molecule has 0 bridgehead atoms. The molecule has 0 radical (unpaired) electrons. The van der Waals surface area contributed by atoms with Crippen LogP contribution in [-0.4, -0.2) is 47.8 Å². The molecule has 0 unspecified atom stereocenters. The van der Waals surface area contributed by atoms with Gasteiger partial charge in [-0.2, -0.15) is 4.98 Å². The third kappa shape index (κ3) is 3.46. The molecule has 2 aliphatic carbocycles. The lowest BCUT2D eigenvalue weighted by Crippen LogP contribution is -2.47. The third-order valence-corrected chi connectivity index (χ3v) is 6.36. The summed E-state index contributed by atoms with van der Waals surface area (Å²) in [5, 5.41) is 4.33. The molecule has 0 N–H and O–H groups in total. The largest absolute Gasteiger partial charge is 0.385 e. The number of hydrogen-bond acceptors (Lipinski definition) is 5. The zero-order valence-electron chi connectivity index (χ0n) is 15.2. The molecule has 0 atom stereocenters. The van der Waals surface area contributed by atoms with Crippen LogP contribution >= 0.6 is 0 Å². The van der Waals surface area contributed by atoms with Crippen LogP contribution in [0.2, 0.25) is 0 Å². The molecule has 1 aliphatic heterocycles. The maximum atomic E-state index is 12.7. The summed E-state index contributed by atoms with van der Waals surface area (Å²) in [5.74, 6) is 2.74. The number of hydrogen-bond donors (Lipinski definition) is 0. The molecule has 2 saturated carbocycles. The Morgan fingerprint density at radius 2 is 1.96 bits per heavy atom. The van der Waals surface area contributed by atoms with Gasteiger partial charge in [-0.3, -0.25) is 4.79 Å². The first-order valence-electron chi connectivity index (χ1n) is 9.84. The Morgan fingerprint density at radius 3 is 2.60 bits per heavy atom. The first-order valence-corrected chi connectivity index (χ1v) is 9.84. The lowest BCUT2D eigenvalue weighted by Gasteiger charge is -2.40. The predicted octanol–water partition coefficient (Wildman–Crippen LogP) is 3.03. The average molecular weight is 347 g/mol. The summed E-state index contributed by atoms with van der Waals surface area (Å²) in [6, 6.07) is 0. The number of piperidine rings is 1. The number of nitrogens with zero attached hydrogens (tertiary/aromatic N) is 3. The van der Waals surface area contributed by atoms with Crippen LogP contribution < -0.4 is 0 Å². The summed E-state index contributed by atoms with van der Waals surface area (Å²) < 4.78 is 10.9. The van der Waals surface area contributed by atoms with Crippen molar-refractivity contribution in [3.8, 4) is 0 Å². The van der Waals surface area contributed by atoms with E-state index in [9.17, 15) is 4.79 Å². The quantitative estimate of drug-likeness (QED) is 0.791. The summed E-state index contributed by atoms with van der Waals surface area (Å²) in [5.41, 5.74) is -0.112. The van der Waals surface area contributed by atoms with Gasteiger partial charge in [0, 0.05) is 44.1 Å². The van der Waals surface area contributed by atoms with E-state index in [0.29, 0.717) is 18.4 Å². The maximum Gasteiger partial charge on any atom is 0.229 e. The van der Waals surface area contributed by atoms with Crippen molar-refractivity contribution in [2.75, 3.05) is 26.8 Å². The van der Waals surface area contributed by atoms with E-state index in [4.69, 9.17) is 14.2 Å². The molecule has 6 nitrogen and oxygen atoms in total. The van der Waals surface area contributed by atoms with Crippen molar-refractivity contribution < 1.29 is 14.1 Å². The zero-order chi connectivity index (χ0) is 17.3. The van der Waals surface area contributed by atoms with Gasteiger partial charge in [0.1, 0.15) is 0 Å². The van der Waals surface area contributed by atoms with E-state index < -0.39 is 0 Å². The average Bonchev–Trinajstić information content (AvgIpc) is 3.15. The van der Waals surface area contributed by atoms with Gasteiger partial charge in [-0.05, 0) is 44.9 Å². The number of methoxy groups -OCH3 is 1. The van der Waals surface area contributed by atoms with Crippen LogP contribution in [0.15, 0.2) is 4.52 Å². The Balaban J connectivity index is 1.45. The minimum absolute atomic E-state index is 0.112. The molecule has 2 heterocycles. The van der Waals surface area contributed by atoms with Crippen LogP contribution in [0.1, 0.15) is 75.4 Å². The minimum Gasteiger partial charge on any atom is -0.385 e. The van der Waals surface area contributed by atoms with Crippen molar-refractivity contribution >= 4 is 5.91 Å². The first kappa shape index (κ1) is 17.0. The van der Waals surface area contributed by atoms with Gasteiger partial charge in [-0.1, -0.05) is 18.0 Å². The number of carbonyl (C=O) groups excluding carboxylic acids is 1. The van der Waals surface area contributed by atoms with Gasteiger partial charge < -0.3 is 14.2 Å². The minimum atomic E-state index is -0.112. The molecule has 1 amide bonds. The van der Waals surface area contributed by atoms with E-state index in [1.54, 1.807) is 7.11 Å². The second-order valence-corrected chi connectivity index (χ2v) is 8.06. The third-order valence-electron chi connectivity index (χ3n) is 6.36. The predicted molar refractivity (Wildman–Crippen MR) is 92.2 cm³/mol. The molecule has 0 aromatic carbocycles. The number of aromatic nitrogens is 2. The van der Waals surface area contributed by atoms with Gasteiger partial charge >= 0.3 is 0 Å². The highest BCUT2D eigenvalue weighted by Gasteiger charge is 2.43. The van der Waals surface area contributed by atoms with E-state index in [-0.39, 0.29) is 11.3 Å². The van der Waals surface area contributed by atoms with E-state index in [2.05, 4.69) is 10.1 Å². The number of carbonyl (C=O) groups is 1. The van der Waals surface area contributed by atoms with Crippen molar-refractivity contribution in [3.05, 3.63) is 11.7 Å². The fraction of sp³-hybridized carbons (Fsp3) is 0.842. The van der Waals surface area contributed by atoms with Crippen LogP contribution in [0.25, 0.3) is 0 Å². The molecule has 6 heteroatoms. The molecule has 3 aliphatic rings. The van der Waals surface area contributed by atoms with Crippen LogP contribution in [0.5, 0.6) is 0 Å². The van der Waals surface area contributed by atoms with Crippen molar-refractivity contribution in [1.82, 2.24) is 15.0 Å². The lowest BCUT2D eigenvalue weighted by molar-refractivity contribution is -0.137. The lowest BCUT2D eigenvalue weighted by atomic mass is 9.75. The van der Waals surface area contributed by atoms with E-state index in [1.807, 2.05) is 0 Å². The fourth-order valence-corrected chi connectivity index (χ4v) is 4.42. The highest BCUT2D eigenvalue weighted by Crippen LogP contribution is 2.42. The van der Waals surface area contributed by atoms with E-state index in [1.165, 1.54) is 12.8 Å². The summed E-state index contributed by atoms with van der Waals surface area (Å²) in [4.78, 5) is 19.5. The number of amides is 1. The highest BCUT2D eigenvalue weighted by atomic mass is 16.5. The monoisotopic (exact) mass is 347 g/mol. The summed E-state index contributed by atoms with van der Waals surface area (Å²) >= 11 is 0. The van der Waals surface area contributed by atoms with Crippen molar-refractivity contribution in [2.45, 2.75) is 69.1 Å². The molecule has 0 spiro atoms. The van der Waals surface area contributed by atoms with Gasteiger partial charge in [0.25, 0.3) is 0 Å². The van der Waals surface area contributed by atoms with Gasteiger partial charge in [0.15, 0.2) is 5.82 Å². The SMILES string of the molecule is COCCC1(c2noc(C3CC3)n2)CCN(C(=O)C2CCCC2)CC1. The molecule has 3 fully saturated rings. The number of likely N-dealkylation sites (tertiary alicyclic amines) is 1. The Morgan fingerprint density at radius 1 is 1.24 bits per heavy atom. The molecular formula is C19H29N3O3. The molecule has 4 rings (SSSR count). The Bertz CT molecular complexity index is 597.